The molecule has 0 radical (unpaired) electrons. The van der Waals surface area contributed by atoms with E-state index < -0.39 is 0 Å². The summed E-state index contributed by atoms with van der Waals surface area (Å²) in [5, 5.41) is 9.58. The molecule has 0 spiro atoms. The first kappa shape index (κ1) is 13.4. The van der Waals surface area contributed by atoms with E-state index in [1.807, 2.05) is 30.0 Å². The molecule has 0 unspecified atom stereocenters. The zero-order valence-electron chi connectivity index (χ0n) is 10.1. The molecule has 90 valence electrons. The van der Waals surface area contributed by atoms with E-state index in [1.54, 1.807) is 6.07 Å². The van der Waals surface area contributed by atoms with Crippen LogP contribution in [0.4, 0.5) is 0 Å². The molecular formula is C14H22OS. The summed E-state index contributed by atoms with van der Waals surface area (Å²) in [6, 6.07) is 7.64. The van der Waals surface area contributed by atoms with Gasteiger partial charge in [-0.25, -0.2) is 0 Å². The van der Waals surface area contributed by atoms with Gasteiger partial charge in [0.2, 0.25) is 0 Å². The van der Waals surface area contributed by atoms with Crippen molar-refractivity contribution in [1.82, 2.24) is 0 Å². The number of rotatable bonds is 8. The lowest BCUT2D eigenvalue weighted by atomic mass is 10.1. The quantitative estimate of drug-likeness (QED) is 0.683. The molecule has 2 heteroatoms. The lowest BCUT2D eigenvalue weighted by Gasteiger charge is -2.04. The number of hydrogen-bond donors (Lipinski definition) is 1. The van der Waals surface area contributed by atoms with Crippen molar-refractivity contribution in [2.24, 2.45) is 0 Å². The Morgan fingerprint density at radius 2 is 1.81 bits per heavy atom. The van der Waals surface area contributed by atoms with Crippen molar-refractivity contribution in [2.75, 3.05) is 11.5 Å². The molecule has 0 aromatic heterocycles. The Hall–Kier alpha value is -0.630. The third kappa shape index (κ3) is 5.45. The predicted molar refractivity (Wildman–Crippen MR) is 73.3 cm³/mol. The van der Waals surface area contributed by atoms with Crippen molar-refractivity contribution >= 4 is 11.8 Å². The van der Waals surface area contributed by atoms with E-state index in [9.17, 15) is 5.11 Å². The summed E-state index contributed by atoms with van der Waals surface area (Å²) >= 11 is 2.04. The van der Waals surface area contributed by atoms with Gasteiger partial charge < -0.3 is 5.11 Å². The van der Waals surface area contributed by atoms with Gasteiger partial charge in [0.15, 0.2) is 0 Å². The Bertz CT molecular complexity index is 286. The smallest absolute Gasteiger partial charge is 0.118 e. The number of unbranched alkanes of at least 4 members (excludes halogenated alkanes) is 2. The van der Waals surface area contributed by atoms with E-state index >= 15 is 0 Å². The van der Waals surface area contributed by atoms with Gasteiger partial charge in [-0.3, -0.25) is 0 Å². The Balaban J connectivity index is 2.05. The second-order valence-corrected chi connectivity index (χ2v) is 5.28. The second-order valence-electron chi connectivity index (χ2n) is 4.05. The molecule has 0 atom stereocenters. The lowest BCUT2D eigenvalue weighted by molar-refractivity contribution is 0.467. The summed E-state index contributed by atoms with van der Waals surface area (Å²) in [6.45, 7) is 2.24. The van der Waals surface area contributed by atoms with Gasteiger partial charge in [0.05, 0.1) is 0 Å². The van der Waals surface area contributed by atoms with Crippen LogP contribution in [-0.4, -0.2) is 16.6 Å². The molecule has 0 aliphatic rings. The summed E-state index contributed by atoms with van der Waals surface area (Å²) in [5.41, 5.74) is 1.08. The number of aromatic hydroxyl groups is 1. The lowest BCUT2D eigenvalue weighted by Crippen LogP contribution is -1.90. The minimum atomic E-state index is 0.443. The van der Waals surface area contributed by atoms with Crippen molar-refractivity contribution in [1.29, 1.82) is 0 Å². The fraction of sp³-hybridized carbons (Fsp3) is 0.571. The van der Waals surface area contributed by atoms with E-state index in [0.29, 0.717) is 5.75 Å². The van der Waals surface area contributed by atoms with E-state index in [4.69, 9.17) is 0 Å². The van der Waals surface area contributed by atoms with E-state index in [2.05, 4.69) is 6.92 Å². The zero-order chi connectivity index (χ0) is 11.6. The number of phenolic OH excluding ortho intramolecular Hbond substituents is 1. The molecule has 1 nitrogen and oxygen atoms in total. The molecule has 1 N–H and O–H groups in total. The van der Waals surface area contributed by atoms with Crippen molar-refractivity contribution in [3.63, 3.8) is 0 Å². The molecule has 0 aliphatic heterocycles. The van der Waals surface area contributed by atoms with Crippen LogP contribution in [-0.2, 0) is 6.42 Å². The van der Waals surface area contributed by atoms with Crippen LogP contribution in [0.15, 0.2) is 24.3 Å². The first-order valence-corrected chi connectivity index (χ1v) is 7.34. The molecule has 0 saturated heterocycles. The molecule has 1 rings (SSSR count). The second kappa shape index (κ2) is 8.51. The van der Waals surface area contributed by atoms with Gasteiger partial charge in [0, 0.05) is 0 Å². The van der Waals surface area contributed by atoms with Gasteiger partial charge in [0.25, 0.3) is 0 Å². The standard InChI is InChI=1S/C14H22OS/c1-2-3-6-11-16-12-7-9-13-8-4-5-10-14(13)15/h4-5,8,10,15H,2-3,6-7,9,11-12H2,1H3. The van der Waals surface area contributed by atoms with Gasteiger partial charge >= 0.3 is 0 Å². The molecule has 1 aromatic carbocycles. The number of aryl methyl sites for hydroxylation is 1. The fourth-order valence-corrected chi connectivity index (χ4v) is 2.60. The molecule has 1 aromatic rings. The van der Waals surface area contributed by atoms with Crippen molar-refractivity contribution < 1.29 is 5.11 Å². The van der Waals surface area contributed by atoms with Crippen LogP contribution >= 0.6 is 11.8 Å². The maximum atomic E-state index is 9.58. The average Bonchev–Trinajstić information content (AvgIpc) is 2.30. The van der Waals surface area contributed by atoms with Crippen LogP contribution in [0.1, 0.15) is 38.2 Å². The molecule has 0 bridgehead atoms. The first-order valence-electron chi connectivity index (χ1n) is 6.19. The molecule has 0 saturated carbocycles. The Labute approximate surface area is 103 Å². The highest BCUT2D eigenvalue weighted by molar-refractivity contribution is 7.99. The Morgan fingerprint density at radius 1 is 1.06 bits per heavy atom. The Kier molecular flexibility index (Phi) is 7.15. The monoisotopic (exact) mass is 238 g/mol. The van der Waals surface area contributed by atoms with Gasteiger partial charge in [-0.15, -0.1) is 0 Å². The normalized spacial score (nSPS) is 10.6. The predicted octanol–water partition coefficient (Wildman–Crippen LogP) is 4.25. The van der Waals surface area contributed by atoms with Crippen LogP contribution in [0.25, 0.3) is 0 Å². The van der Waals surface area contributed by atoms with Gasteiger partial charge in [-0.2, -0.15) is 11.8 Å². The number of phenols is 1. The highest BCUT2D eigenvalue weighted by Gasteiger charge is 1.98. The summed E-state index contributed by atoms with van der Waals surface area (Å²) in [7, 11) is 0. The molecule has 0 fully saturated rings. The van der Waals surface area contributed by atoms with Crippen molar-refractivity contribution in [2.45, 2.75) is 39.0 Å². The number of benzene rings is 1. The molecule has 0 amide bonds. The fourth-order valence-electron chi connectivity index (χ4n) is 1.64. The van der Waals surface area contributed by atoms with Crippen LogP contribution in [0.2, 0.25) is 0 Å². The molecule has 0 heterocycles. The minimum Gasteiger partial charge on any atom is -0.508 e. The highest BCUT2D eigenvalue weighted by Crippen LogP contribution is 2.18. The van der Waals surface area contributed by atoms with Gasteiger partial charge in [0.1, 0.15) is 5.75 Å². The largest absolute Gasteiger partial charge is 0.508 e. The third-order valence-corrected chi connectivity index (χ3v) is 3.77. The number of para-hydroxylation sites is 1. The number of hydrogen-bond acceptors (Lipinski definition) is 2. The Morgan fingerprint density at radius 3 is 2.56 bits per heavy atom. The SMILES string of the molecule is CCCCCSCCCc1ccccc1O. The summed E-state index contributed by atoms with van der Waals surface area (Å²) in [4.78, 5) is 0. The van der Waals surface area contributed by atoms with E-state index in [1.165, 1.54) is 30.8 Å². The zero-order valence-corrected chi connectivity index (χ0v) is 10.9. The van der Waals surface area contributed by atoms with Crippen LogP contribution in [0.3, 0.4) is 0 Å². The highest BCUT2D eigenvalue weighted by atomic mass is 32.2. The topological polar surface area (TPSA) is 20.2 Å². The first-order chi connectivity index (χ1) is 7.84. The van der Waals surface area contributed by atoms with Crippen molar-refractivity contribution in [3.8, 4) is 5.75 Å². The molecule has 16 heavy (non-hydrogen) atoms. The van der Waals surface area contributed by atoms with E-state index in [0.717, 1.165) is 18.4 Å². The van der Waals surface area contributed by atoms with Gasteiger partial charge in [-0.1, -0.05) is 38.0 Å². The summed E-state index contributed by atoms with van der Waals surface area (Å²) in [6.07, 6.45) is 6.16. The average molecular weight is 238 g/mol. The minimum absolute atomic E-state index is 0.443. The maximum absolute atomic E-state index is 9.58. The number of thioether (sulfide) groups is 1. The maximum Gasteiger partial charge on any atom is 0.118 e. The summed E-state index contributed by atoms with van der Waals surface area (Å²) in [5.74, 6) is 2.94. The molecule has 0 aliphatic carbocycles. The van der Waals surface area contributed by atoms with Crippen LogP contribution in [0, 0.1) is 0 Å². The van der Waals surface area contributed by atoms with Crippen LogP contribution in [0.5, 0.6) is 5.75 Å². The van der Waals surface area contributed by atoms with Crippen LogP contribution < -0.4 is 0 Å². The summed E-state index contributed by atoms with van der Waals surface area (Å²) < 4.78 is 0. The third-order valence-electron chi connectivity index (χ3n) is 2.62. The van der Waals surface area contributed by atoms with Gasteiger partial charge in [-0.05, 0) is 42.4 Å². The molecular weight excluding hydrogens is 216 g/mol. The van der Waals surface area contributed by atoms with Crippen molar-refractivity contribution in [3.05, 3.63) is 29.8 Å². The van der Waals surface area contributed by atoms with E-state index in [-0.39, 0.29) is 0 Å².